The first kappa shape index (κ1) is 11.9. The lowest BCUT2D eigenvalue weighted by Gasteiger charge is -2.04. The van der Waals surface area contributed by atoms with Crippen molar-refractivity contribution in [2.75, 3.05) is 5.73 Å². The zero-order valence-corrected chi connectivity index (χ0v) is 11.3. The number of hydrogen-bond acceptors (Lipinski definition) is 2. The van der Waals surface area contributed by atoms with Gasteiger partial charge in [0.15, 0.2) is 0 Å². The van der Waals surface area contributed by atoms with E-state index in [1.807, 2.05) is 42.5 Å². The molecule has 0 amide bonds. The summed E-state index contributed by atoms with van der Waals surface area (Å²) < 4.78 is 0. The van der Waals surface area contributed by atoms with Gasteiger partial charge in [0.05, 0.1) is 0 Å². The molecule has 3 heteroatoms. The first-order chi connectivity index (χ1) is 10.2. The maximum atomic E-state index is 9.99. The van der Waals surface area contributed by atoms with Crippen molar-refractivity contribution < 1.29 is 5.11 Å². The van der Waals surface area contributed by atoms with Crippen molar-refractivity contribution in [1.82, 2.24) is 4.98 Å². The van der Waals surface area contributed by atoms with Gasteiger partial charge < -0.3 is 15.8 Å². The van der Waals surface area contributed by atoms with Crippen molar-refractivity contribution in [3.63, 3.8) is 0 Å². The molecule has 0 aliphatic heterocycles. The van der Waals surface area contributed by atoms with Crippen LogP contribution in [-0.2, 0) is 0 Å². The highest BCUT2D eigenvalue weighted by molar-refractivity contribution is 6.08. The number of rotatable bonds is 1. The van der Waals surface area contributed by atoms with Crippen LogP contribution in [0, 0.1) is 0 Å². The number of nitrogens with two attached hydrogens (primary N) is 1. The van der Waals surface area contributed by atoms with Gasteiger partial charge in [0.25, 0.3) is 0 Å². The zero-order valence-electron chi connectivity index (χ0n) is 11.3. The van der Waals surface area contributed by atoms with Gasteiger partial charge in [-0.1, -0.05) is 36.4 Å². The second-order valence-corrected chi connectivity index (χ2v) is 5.21. The van der Waals surface area contributed by atoms with Gasteiger partial charge in [-0.3, -0.25) is 0 Å². The van der Waals surface area contributed by atoms with Gasteiger partial charge >= 0.3 is 0 Å². The third-order valence-electron chi connectivity index (χ3n) is 3.84. The quantitative estimate of drug-likeness (QED) is 0.454. The van der Waals surface area contributed by atoms with E-state index in [0.717, 1.165) is 38.6 Å². The van der Waals surface area contributed by atoms with E-state index in [0.29, 0.717) is 0 Å². The fourth-order valence-electron chi connectivity index (χ4n) is 2.81. The lowest BCUT2D eigenvalue weighted by Crippen LogP contribution is -1.81. The van der Waals surface area contributed by atoms with Gasteiger partial charge in [-0.15, -0.1) is 0 Å². The second-order valence-electron chi connectivity index (χ2n) is 5.21. The third kappa shape index (κ3) is 1.82. The van der Waals surface area contributed by atoms with Crippen LogP contribution in [0.3, 0.4) is 0 Å². The van der Waals surface area contributed by atoms with Crippen molar-refractivity contribution in [2.24, 2.45) is 0 Å². The van der Waals surface area contributed by atoms with Crippen LogP contribution in [0.2, 0.25) is 0 Å². The van der Waals surface area contributed by atoms with Gasteiger partial charge in [-0.05, 0) is 29.8 Å². The molecule has 0 saturated heterocycles. The average Bonchev–Trinajstić information content (AvgIpc) is 2.84. The van der Waals surface area contributed by atoms with Crippen molar-refractivity contribution in [3.8, 4) is 16.9 Å². The number of nitrogen functional groups attached to an aromatic ring is 1. The Morgan fingerprint density at radius 1 is 0.810 bits per heavy atom. The standard InChI is InChI=1S/C18H14N2O/c19-12-6-8-15-14-7-5-11(9-16(14)20-17(15)10-12)13-3-1-2-4-18(13)21/h1-10,20-21H,19H2. The van der Waals surface area contributed by atoms with Crippen molar-refractivity contribution >= 4 is 27.5 Å². The summed E-state index contributed by atoms with van der Waals surface area (Å²) in [5, 5.41) is 12.3. The fourth-order valence-corrected chi connectivity index (χ4v) is 2.81. The molecule has 4 N–H and O–H groups in total. The Kier molecular flexibility index (Phi) is 2.42. The van der Waals surface area contributed by atoms with E-state index in [1.54, 1.807) is 6.07 Å². The van der Waals surface area contributed by atoms with E-state index in [-0.39, 0.29) is 5.75 Å². The number of aromatic hydroxyl groups is 1. The van der Waals surface area contributed by atoms with Crippen molar-refractivity contribution in [1.29, 1.82) is 0 Å². The van der Waals surface area contributed by atoms with Gasteiger partial charge in [-0.25, -0.2) is 0 Å². The van der Waals surface area contributed by atoms with Crippen LogP contribution in [0.1, 0.15) is 0 Å². The Hall–Kier alpha value is -2.94. The molecule has 21 heavy (non-hydrogen) atoms. The van der Waals surface area contributed by atoms with Crippen LogP contribution in [0.15, 0.2) is 60.7 Å². The van der Waals surface area contributed by atoms with Gasteiger partial charge in [-0.2, -0.15) is 0 Å². The van der Waals surface area contributed by atoms with E-state index in [2.05, 4.69) is 17.1 Å². The number of nitrogens with one attached hydrogen (secondary N) is 1. The molecule has 0 bridgehead atoms. The summed E-state index contributed by atoms with van der Waals surface area (Å²) >= 11 is 0. The SMILES string of the molecule is Nc1ccc2c(c1)[nH]c1cc(-c3ccccc3O)ccc12. The second kappa shape index (κ2) is 4.28. The minimum atomic E-state index is 0.289. The molecule has 1 aromatic heterocycles. The molecule has 1 heterocycles. The molecule has 0 aliphatic rings. The van der Waals surface area contributed by atoms with Crippen molar-refractivity contribution in [2.45, 2.75) is 0 Å². The smallest absolute Gasteiger partial charge is 0.123 e. The molecule has 102 valence electrons. The number of hydrogen-bond donors (Lipinski definition) is 3. The molecule has 0 atom stereocenters. The van der Waals surface area contributed by atoms with E-state index in [4.69, 9.17) is 5.73 Å². The Morgan fingerprint density at radius 2 is 1.52 bits per heavy atom. The van der Waals surface area contributed by atoms with Crippen LogP contribution in [0.4, 0.5) is 5.69 Å². The van der Waals surface area contributed by atoms with Gasteiger partial charge in [0.2, 0.25) is 0 Å². The van der Waals surface area contributed by atoms with Crippen LogP contribution < -0.4 is 5.73 Å². The maximum Gasteiger partial charge on any atom is 0.123 e. The number of phenolic OH excluding ortho intramolecular Hbond substituents is 1. The molecule has 3 aromatic carbocycles. The molecule has 4 aromatic rings. The fraction of sp³-hybridized carbons (Fsp3) is 0. The van der Waals surface area contributed by atoms with Gasteiger partial charge in [0.1, 0.15) is 5.75 Å². The summed E-state index contributed by atoms with van der Waals surface area (Å²) in [6, 6.07) is 19.4. The van der Waals surface area contributed by atoms with Crippen molar-refractivity contribution in [3.05, 3.63) is 60.7 Å². The molecule has 3 nitrogen and oxygen atoms in total. The van der Waals surface area contributed by atoms with E-state index in [1.165, 1.54) is 0 Å². The predicted octanol–water partition coefficient (Wildman–Crippen LogP) is 4.28. The Balaban J connectivity index is 1.98. The minimum Gasteiger partial charge on any atom is -0.507 e. The van der Waals surface area contributed by atoms with Crippen LogP contribution in [0.25, 0.3) is 32.9 Å². The summed E-state index contributed by atoms with van der Waals surface area (Å²) in [6.07, 6.45) is 0. The lowest BCUT2D eigenvalue weighted by molar-refractivity contribution is 0.477. The number of benzene rings is 3. The molecule has 0 spiro atoms. The average molecular weight is 274 g/mol. The first-order valence-corrected chi connectivity index (χ1v) is 6.82. The van der Waals surface area contributed by atoms with E-state index in [9.17, 15) is 5.11 Å². The summed E-state index contributed by atoms with van der Waals surface area (Å²) in [7, 11) is 0. The number of anilines is 1. The number of phenols is 1. The Bertz CT molecular complexity index is 969. The highest BCUT2D eigenvalue weighted by atomic mass is 16.3. The van der Waals surface area contributed by atoms with E-state index >= 15 is 0 Å². The first-order valence-electron chi connectivity index (χ1n) is 6.82. The summed E-state index contributed by atoms with van der Waals surface area (Å²) in [5.41, 5.74) is 10.5. The number of H-pyrrole nitrogens is 1. The minimum absolute atomic E-state index is 0.289. The normalized spacial score (nSPS) is 11.2. The largest absolute Gasteiger partial charge is 0.507 e. The number of aromatic amines is 1. The Labute approximate surface area is 121 Å². The molecular weight excluding hydrogens is 260 g/mol. The monoisotopic (exact) mass is 274 g/mol. The topological polar surface area (TPSA) is 62.0 Å². The van der Waals surface area contributed by atoms with Crippen LogP contribution >= 0.6 is 0 Å². The summed E-state index contributed by atoms with van der Waals surface area (Å²) in [5.74, 6) is 0.289. The molecule has 4 rings (SSSR count). The maximum absolute atomic E-state index is 9.99. The highest BCUT2D eigenvalue weighted by Crippen LogP contribution is 2.33. The number of aromatic nitrogens is 1. The molecule has 0 unspecified atom stereocenters. The van der Waals surface area contributed by atoms with Gasteiger partial charge in [0, 0.05) is 33.1 Å². The van der Waals surface area contributed by atoms with E-state index < -0.39 is 0 Å². The summed E-state index contributed by atoms with van der Waals surface area (Å²) in [4.78, 5) is 3.39. The predicted molar refractivity (Wildman–Crippen MR) is 87.3 cm³/mol. The number of para-hydroxylation sites is 1. The molecular formula is C18H14N2O. The zero-order chi connectivity index (χ0) is 14.4. The Morgan fingerprint density at radius 3 is 2.33 bits per heavy atom. The van der Waals surface area contributed by atoms with Crippen LogP contribution in [0.5, 0.6) is 5.75 Å². The number of fused-ring (bicyclic) bond motifs is 3. The molecule has 0 aliphatic carbocycles. The summed E-state index contributed by atoms with van der Waals surface area (Å²) in [6.45, 7) is 0. The molecule has 0 saturated carbocycles. The van der Waals surface area contributed by atoms with Crippen LogP contribution in [-0.4, -0.2) is 10.1 Å². The lowest BCUT2D eigenvalue weighted by atomic mass is 10.0. The molecule has 0 radical (unpaired) electrons. The highest BCUT2D eigenvalue weighted by Gasteiger charge is 2.08. The third-order valence-corrected chi connectivity index (χ3v) is 3.84. The molecule has 0 fully saturated rings.